The molecule has 1 heterocycles. The van der Waals surface area contributed by atoms with Gasteiger partial charge in [-0.1, -0.05) is 0 Å². The van der Waals surface area contributed by atoms with Crippen molar-refractivity contribution in [2.75, 3.05) is 6.54 Å². The van der Waals surface area contributed by atoms with E-state index in [2.05, 4.69) is 0 Å². The molecule has 3 heteroatoms. The van der Waals surface area contributed by atoms with E-state index in [1.165, 1.54) is 5.56 Å². The first-order valence-electron chi connectivity index (χ1n) is 4.73. The minimum absolute atomic E-state index is 0.271. The number of hydrogen-bond donors (Lipinski definition) is 2. The van der Waals surface area contributed by atoms with Crippen LogP contribution in [0, 0.1) is 6.92 Å². The first-order chi connectivity index (χ1) is 6.24. The lowest BCUT2D eigenvalue weighted by molar-refractivity contribution is 0.183. The van der Waals surface area contributed by atoms with Crippen molar-refractivity contribution in [3.05, 3.63) is 22.6 Å². The van der Waals surface area contributed by atoms with Gasteiger partial charge in [0, 0.05) is 18.5 Å². The molecule has 0 bridgehead atoms. The zero-order valence-electron chi connectivity index (χ0n) is 7.84. The molecule has 0 fully saturated rings. The number of aliphatic hydroxyl groups excluding tert-OH is 1. The van der Waals surface area contributed by atoms with Crippen molar-refractivity contribution in [3.63, 3.8) is 0 Å². The number of rotatable bonds is 2. The smallest absolute Gasteiger partial charge is 0.107 e. The van der Waals surface area contributed by atoms with E-state index in [9.17, 15) is 5.11 Å². The Morgan fingerprint density at radius 3 is 3.00 bits per heavy atom. The molecule has 1 aromatic heterocycles. The molecular weight excluding hydrogens is 166 g/mol. The van der Waals surface area contributed by atoms with Crippen LogP contribution in [0.15, 0.2) is 4.42 Å². The molecule has 0 saturated carbocycles. The molecule has 2 rings (SSSR count). The molecule has 0 aromatic carbocycles. The zero-order chi connectivity index (χ0) is 9.42. The first-order valence-corrected chi connectivity index (χ1v) is 4.73. The molecule has 0 saturated heterocycles. The predicted octanol–water partition coefficient (Wildman–Crippen LogP) is 1.07. The molecule has 3 nitrogen and oxygen atoms in total. The van der Waals surface area contributed by atoms with E-state index in [4.69, 9.17) is 10.2 Å². The lowest BCUT2D eigenvalue weighted by Crippen LogP contribution is -2.13. The molecule has 0 aliphatic heterocycles. The molecule has 3 N–H and O–H groups in total. The molecule has 72 valence electrons. The summed E-state index contributed by atoms with van der Waals surface area (Å²) in [4.78, 5) is 0. The van der Waals surface area contributed by atoms with Crippen molar-refractivity contribution in [3.8, 4) is 0 Å². The normalized spacial score (nSPS) is 17.5. The average molecular weight is 181 g/mol. The van der Waals surface area contributed by atoms with Crippen molar-refractivity contribution in [2.45, 2.75) is 32.3 Å². The van der Waals surface area contributed by atoms with Crippen molar-refractivity contribution in [1.29, 1.82) is 0 Å². The van der Waals surface area contributed by atoms with E-state index < -0.39 is 6.10 Å². The summed E-state index contributed by atoms with van der Waals surface area (Å²) in [5, 5.41) is 9.68. The summed E-state index contributed by atoms with van der Waals surface area (Å²) in [6.45, 7) is 2.17. The Balaban J connectivity index is 2.43. The molecule has 0 spiro atoms. The third kappa shape index (κ3) is 1.28. The van der Waals surface area contributed by atoms with Crippen LogP contribution in [0.3, 0.4) is 0 Å². The van der Waals surface area contributed by atoms with Gasteiger partial charge >= 0.3 is 0 Å². The number of nitrogens with two attached hydrogens (primary N) is 1. The standard InChI is InChI=1S/C10H15NO2/c1-6-10(8(12)5-11)7-3-2-4-9(7)13-6/h8,12H,2-5,11H2,1H3. The van der Waals surface area contributed by atoms with Gasteiger partial charge in [-0.25, -0.2) is 0 Å². The Morgan fingerprint density at radius 1 is 1.54 bits per heavy atom. The molecule has 1 atom stereocenters. The van der Waals surface area contributed by atoms with Crippen molar-refractivity contribution >= 4 is 0 Å². The second-order valence-electron chi connectivity index (χ2n) is 3.58. The third-order valence-electron chi connectivity index (χ3n) is 2.70. The van der Waals surface area contributed by atoms with E-state index in [0.717, 1.165) is 36.3 Å². The minimum Gasteiger partial charge on any atom is -0.466 e. The Labute approximate surface area is 77.5 Å². The van der Waals surface area contributed by atoms with Crippen LogP contribution in [-0.2, 0) is 12.8 Å². The Morgan fingerprint density at radius 2 is 2.31 bits per heavy atom. The largest absolute Gasteiger partial charge is 0.466 e. The maximum Gasteiger partial charge on any atom is 0.107 e. The number of aliphatic hydroxyl groups is 1. The van der Waals surface area contributed by atoms with Crippen LogP contribution >= 0.6 is 0 Å². The fourth-order valence-corrected chi connectivity index (χ4v) is 2.12. The maximum atomic E-state index is 9.68. The van der Waals surface area contributed by atoms with E-state index in [0.29, 0.717) is 0 Å². The van der Waals surface area contributed by atoms with Gasteiger partial charge in [-0.15, -0.1) is 0 Å². The molecular formula is C10H15NO2. The van der Waals surface area contributed by atoms with E-state index in [1.54, 1.807) is 0 Å². The van der Waals surface area contributed by atoms with Crippen LogP contribution in [0.4, 0.5) is 0 Å². The quantitative estimate of drug-likeness (QED) is 0.717. The number of furan rings is 1. The van der Waals surface area contributed by atoms with Crippen molar-refractivity contribution in [1.82, 2.24) is 0 Å². The Bertz CT molecular complexity index is 317. The van der Waals surface area contributed by atoms with Gasteiger partial charge in [-0.3, -0.25) is 0 Å². The fourth-order valence-electron chi connectivity index (χ4n) is 2.12. The highest BCUT2D eigenvalue weighted by Gasteiger charge is 2.25. The monoisotopic (exact) mass is 181 g/mol. The van der Waals surface area contributed by atoms with E-state index in [-0.39, 0.29) is 6.54 Å². The van der Waals surface area contributed by atoms with Crippen molar-refractivity contribution < 1.29 is 9.52 Å². The second-order valence-corrected chi connectivity index (χ2v) is 3.58. The lowest BCUT2D eigenvalue weighted by Gasteiger charge is -2.07. The van der Waals surface area contributed by atoms with Gasteiger partial charge in [-0.2, -0.15) is 0 Å². The number of hydrogen-bond acceptors (Lipinski definition) is 3. The molecule has 1 aliphatic carbocycles. The van der Waals surface area contributed by atoms with Gasteiger partial charge in [0.05, 0.1) is 6.10 Å². The van der Waals surface area contributed by atoms with Gasteiger partial charge in [0.15, 0.2) is 0 Å². The number of fused-ring (bicyclic) bond motifs is 1. The van der Waals surface area contributed by atoms with Crippen LogP contribution in [0.25, 0.3) is 0 Å². The summed E-state index contributed by atoms with van der Waals surface area (Å²) < 4.78 is 5.56. The van der Waals surface area contributed by atoms with Crippen LogP contribution in [0.1, 0.15) is 35.2 Å². The summed E-state index contributed by atoms with van der Waals surface area (Å²) in [6, 6.07) is 0. The van der Waals surface area contributed by atoms with Gasteiger partial charge < -0.3 is 15.3 Å². The first kappa shape index (κ1) is 8.78. The average Bonchev–Trinajstić information content (AvgIpc) is 2.62. The third-order valence-corrected chi connectivity index (χ3v) is 2.70. The highest BCUT2D eigenvalue weighted by atomic mass is 16.3. The molecule has 1 aliphatic rings. The van der Waals surface area contributed by atoms with E-state index in [1.807, 2.05) is 6.92 Å². The lowest BCUT2D eigenvalue weighted by atomic mass is 10.0. The molecule has 0 amide bonds. The summed E-state index contributed by atoms with van der Waals surface area (Å²) >= 11 is 0. The van der Waals surface area contributed by atoms with Gasteiger partial charge in [0.1, 0.15) is 11.5 Å². The predicted molar refractivity (Wildman–Crippen MR) is 49.5 cm³/mol. The fraction of sp³-hybridized carbons (Fsp3) is 0.600. The second kappa shape index (κ2) is 3.16. The highest BCUT2D eigenvalue weighted by Crippen LogP contribution is 2.33. The zero-order valence-corrected chi connectivity index (χ0v) is 7.84. The molecule has 1 unspecified atom stereocenters. The molecule has 13 heavy (non-hydrogen) atoms. The Hall–Kier alpha value is -0.800. The van der Waals surface area contributed by atoms with E-state index >= 15 is 0 Å². The Kier molecular flexibility index (Phi) is 2.14. The molecule has 1 aromatic rings. The summed E-state index contributed by atoms with van der Waals surface area (Å²) in [6.07, 6.45) is 2.62. The van der Waals surface area contributed by atoms with Crippen molar-refractivity contribution in [2.24, 2.45) is 5.73 Å². The summed E-state index contributed by atoms with van der Waals surface area (Å²) in [5.74, 6) is 1.89. The maximum absolute atomic E-state index is 9.68. The van der Waals surface area contributed by atoms with Crippen LogP contribution < -0.4 is 5.73 Å². The van der Waals surface area contributed by atoms with Crippen LogP contribution in [0.5, 0.6) is 0 Å². The van der Waals surface area contributed by atoms with Gasteiger partial charge in [-0.05, 0) is 25.3 Å². The minimum atomic E-state index is -0.550. The van der Waals surface area contributed by atoms with Crippen LogP contribution in [-0.4, -0.2) is 11.7 Å². The van der Waals surface area contributed by atoms with Gasteiger partial charge in [0.25, 0.3) is 0 Å². The summed E-state index contributed by atoms with van der Waals surface area (Å²) in [7, 11) is 0. The highest BCUT2D eigenvalue weighted by molar-refractivity contribution is 5.37. The number of aryl methyl sites for hydroxylation is 2. The molecule has 0 radical (unpaired) electrons. The SMILES string of the molecule is Cc1oc2c(c1C(O)CN)CCC2. The summed E-state index contributed by atoms with van der Waals surface area (Å²) in [5.41, 5.74) is 7.58. The van der Waals surface area contributed by atoms with Gasteiger partial charge in [0.2, 0.25) is 0 Å². The van der Waals surface area contributed by atoms with Crippen LogP contribution in [0.2, 0.25) is 0 Å². The topological polar surface area (TPSA) is 59.4 Å².